The highest BCUT2D eigenvalue weighted by Gasteiger charge is 2.24. The molecule has 1 aliphatic rings. The van der Waals surface area contributed by atoms with Crippen LogP contribution in [-0.2, 0) is 0 Å². The van der Waals surface area contributed by atoms with E-state index in [1.54, 1.807) is 12.1 Å². The van der Waals surface area contributed by atoms with Crippen LogP contribution in [0.5, 0.6) is 5.75 Å². The van der Waals surface area contributed by atoms with Crippen molar-refractivity contribution in [1.82, 2.24) is 0 Å². The lowest BCUT2D eigenvalue weighted by Gasteiger charge is -2.05. The van der Waals surface area contributed by atoms with Crippen LogP contribution in [-0.4, -0.2) is 6.61 Å². The van der Waals surface area contributed by atoms with Gasteiger partial charge in [0.25, 0.3) is 0 Å². The lowest BCUT2D eigenvalue weighted by molar-refractivity contribution is 0.321. The molecule has 0 unspecified atom stereocenters. The van der Waals surface area contributed by atoms with Gasteiger partial charge in [-0.3, -0.25) is 0 Å². The number of rotatable bonds is 3. The van der Waals surface area contributed by atoms with E-state index in [2.05, 4.69) is 0 Å². The van der Waals surface area contributed by atoms with Crippen molar-refractivity contribution in [1.29, 1.82) is 0 Å². The summed E-state index contributed by atoms with van der Waals surface area (Å²) in [7, 11) is 0. The average Bonchev–Trinajstić information content (AvgIpc) is 2.91. The van der Waals surface area contributed by atoms with Crippen LogP contribution >= 0.6 is 0 Å². The molecule has 0 bridgehead atoms. The highest BCUT2D eigenvalue weighted by Crippen LogP contribution is 2.40. The molecule has 13 heavy (non-hydrogen) atoms. The van der Waals surface area contributed by atoms with Crippen molar-refractivity contribution in [2.24, 2.45) is 0 Å². The fraction of sp³-hybridized carbons (Fsp3) is 0.455. The van der Waals surface area contributed by atoms with E-state index in [1.807, 2.05) is 13.0 Å². The molecule has 0 aliphatic heterocycles. The Balaban J connectivity index is 2.21. The third-order valence-electron chi connectivity index (χ3n) is 2.30. The minimum atomic E-state index is -0.230. The highest BCUT2D eigenvalue weighted by atomic mass is 19.1. The maximum absolute atomic E-state index is 13.3. The zero-order valence-corrected chi connectivity index (χ0v) is 7.72. The molecule has 0 saturated heterocycles. The third-order valence-corrected chi connectivity index (χ3v) is 2.30. The maximum Gasteiger partial charge on any atom is 0.165 e. The molecule has 2 rings (SSSR count). The molecule has 0 amide bonds. The van der Waals surface area contributed by atoms with Gasteiger partial charge >= 0.3 is 0 Å². The number of halogens is 1. The van der Waals surface area contributed by atoms with E-state index in [-0.39, 0.29) is 5.82 Å². The van der Waals surface area contributed by atoms with E-state index in [4.69, 9.17) is 4.74 Å². The summed E-state index contributed by atoms with van der Waals surface area (Å²) in [6.45, 7) is 2.37. The molecule has 1 saturated carbocycles. The Kier molecular flexibility index (Phi) is 2.21. The molecule has 0 radical (unpaired) electrons. The van der Waals surface area contributed by atoms with Crippen molar-refractivity contribution in [3.05, 3.63) is 29.6 Å². The minimum Gasteiger partial charge on any atom is -0.491 e. The smallest absolute Gasteiger partial charge is 0.165 e. The number of hydrogen-bond acceptors (Lipinski definition) is 1. The van der Waals surface area contributed by atoms with Gasteiger partial charge < -0.3 is 4.74 Å². The maximum atomic E-state index is 13.3. The van der Waals surface area contributed by atoms with Gasteiger partial charge in [0.2, 0.25) is 0 Å². The summed E-state index contributed by atoms with van der Waals surface area (Å²) in [5, 5.41) is 0. The molecule has 0 atom stereocenters. The lowest BCUT2D eigenvalue weighted by Crippen LogP contribution is -1.95. The Labute approximate surface area is 77.5 Å². The molecule has 1 fully saturated rings. The zero-order chi connectivity index (χ0) is 9.26. The van der Waals surface area contributed by atoms with Gasteiger partial charge in [-0.25, -0.2) is 4.39 Å². The second kappa shape index (κ2) is 3.36. The second-order valence-corrected chi connectivity index (χ2v) is 3.40. The topological polar surface area (TPSA) is 9.23 Å². The van der Waals surface area contributed by atoms with Gasteiger partial charge in [0.15, 0.2) is 11.6 Å². The average molecular weight is 180 g/mol. The van der Waals surface area contributed by atoms with Crippen molar-refractivity contribution in [3.63, 3.8) is 0 Å². The minimum absolute atomic E-state index is 0.230. The van der Waals surface area contributed by atoms with Gasteiger partial charge in [-0.2, -0.15) is 0 Å². The summed E-state index contributed by atoms with van der Waals surface area (Å²) < 4.78 is 18.4. The summed E-state index contributed by atoms with van der Waals surface area (Å²) in [5.74, 6) is 0.739. The van der Waals surface area contributed by atoms with E-state index in [1.165, 1.54) is 12.8 Å². The first kappa shape index (κ1) is 8.54. The number of ether oxygens (including phenoxy) is 1. The summed E-state index contributed by atoms with van der Waals surface area (Å²) in [5.41, 5.74) is 1.11. The molecule has 70 valence electrons. The molecule has 1 nitrogen and oxygen atoms in total. The van der Waals surface area contributed by atoms with E-state index in [0.717, 1.165) is 5.56 Å². The van der Waals surface area contributed by atoms with Crippen LogP contribution in [0.25, 0.3) is 0 Å². The van der Waals surface area contributed by atoms with Crippen molar-refractivity contribution in [3.8, 4) is 5.75 Å². The molecule has 1 aromatic carbocycles. The number of benzene rings is 1. The predicted molar refractivity (Wildman–Crippen MR) is 49.5 cm³/mol. The summed E-state index contributed by atoms with van der Waals surface area (Å²) in [6, 6.07) is 5.29. The van der Waals surface area contributed by atoms with Gasteiger partial charge in [0.05, 0.1) is 6.61 Å². The van der Waals surface area contributed by atoms with Crippen molar-refractivity contribution < 1.29 is 9.13 Å². The molecule has 0 spiro atoms. The first-order valence-electron chi connectivity index (χ1n) is 4.73. The Morgan fingerprint density at radius 2 is 2.23 bits per heavy atom. The second-order valence-electron chi connectivity index (χ2n) is 3.40. The summed E-state index contributed by atoms with van der Waals surface area (Å²) >= 11 is 0. The standard InChI is InChI=1S/C11H13FO/c1-2-13-11-6-5-9(7-10(11)12)8-3-4-8/h5-8H,2-4H2,1H3. The fourth-order valence-electron chi connectivity index (χ4n) is 1.46. The van der Waals surface area contributed by atoms with E-state index in [0.29, 0.717) is 18.3 Å². The lowest BCUT2D eigenvalue weighted by atomic mass is 10.1. The fourth-order valence-corrected chi connectivity index (χ4v) is 1.46. The van der Waals surface area contributed by atoms with Crippen LogP contribution in [0.3, 0.4) is 0 Å². The molecule has 0 N–H and O–H groups in total. The predicted octanol–water partition coefficient (Wildman–Crippen LogP) is 3.10. The van der Waals surface area contributed by atoms with Crippen LogP contribution in [0.4, 0.5) is 4.39 Å². The van der Waals surface area contributed by atoms with Crippen molar-refractivity contribution in [2.45, 2.75) is 25.7 Å². The molecular weight excluding hydrogens is 167 g/mol. The van der Waals surface area contributed by atoms with Gasteiger partial charge in [-0.15, -0.1) is 0 Å². The summed E-state index contributed by atoms with van der Waals surface area (Å²) in [4.78, 5) is 0. The Hall–Kier alpha value is -1.05. The van der Waals surface area contributed by atoms with Crippen LogP contribution in [0.15, 0.2) is 18.2 Å². The van der Waals surface area contributed by atoms with Gasteiger partial charge in [-0.1, -0.05) is 6.07 Å². The van der Waals surface area contributed by atoms with Crippen LogP contribution in [0, 0.1) is 5.82 Å². The van der Waals surface area contributed by atoms with E-state index in [9.17, 15) is 4.39 Å². The zero-order valence-electron chi connectivity index (χ0n) is 7.72. The van der Waals surface area contributed by atoms with E-state index < -0.39 is 0 Å². The number of hydrogen-bond donors (Lipinski definition) is 0. The van der Waals surface area contributed by atoms with Gasteiger partial charge in [0, 0.05) is 0 Å². The van der Waals surface area contributed by atoms with Crippen LogP contribution in [0.2, 0.25) is 0 Å². The molecule has 1 aliphatic carbocycles. The van der Waals surface area contributed by atoms with E-state index >= 15 is 0 Å². The molecule has 0 aromatic heterocycles. The first-order valence-corrected chi connectivity index (χ1v) is 4.73. The molecule has 0 heterocycles. The SMILES string of the molecule is CCOc1ccc(C2CC2)cc1F. The monoisotopic (exact) mass is 180 g/mol. The normalized spacial score (nSPS) is 15.8. The third kappa shape index (κ3) is 1.82. The van der Waals surface area contributed by atoms with Crippen LogP contribution in [0.1, 0.15) is 31.2 Å². The van der Waals surface area contributed by atoms with Crippen molar-refractivity contribution >= 4 is 0 Å². The first-order chi connectivity index (χ1) is 6.31. The molecule has 1 aromatic rings. The Morgan fingerprint density at radius 1 is 1.46 bits per heavy atom. The largest absolute Gasteiger partial charge is 0.491 e. The van der Waals surface area contributed by atoms with Gasteiger partial charge in [0.1, 0.15) is 0 Å². The Bertz CT molecular complexity index is 305. The Morgan fingerprint density at radius 3 is 2.77 bits per heavy atom. The van der Waals surface area contributed by atoms with Gasteiger partial charge in [-0.05, 0) is 43.4 Å². The molecular formula is C11H13FO. The van der Waals surface area contributed by atoms with Crippen molar-refractivity contribution in [2.75, 3.05) is 6.61 Å². The highest BCUT2D eigenvalue weighted by molar-refractivity contribution is 5.33. The summed E-state index contributed by atoms with van der Waals surface area (Å²) in [6.07, 6.45) is 2.40. The molecule has 2 heteroatoms. The van der Waals surface area contributed by atoms with Crippen LogP contribution < -0.4 is 4.74 Å². The quantitative estimate of drug-likeness (QED) is 0.694.